The molecule has 1 aromatic rings. The monoisotopic (exact) mass is 238 g/mol. The molecule has 17 heavy (non-hydrogen) atoms. The molecule has 1 aliphatic carbocycles. The molecule has 1 aliphatic rings. The summed E-state index contributed by atoms with van der Waals surface area (Å²) < 4.78 is 6.99. The van der Waals surface area contributed by atoms with Crippen molar-refractivity contribution in [1.82, 2.24) is 9.78 Å². The summed E-state index contributed by atoms with van der Waals surface area (Å²) in [5.74, 6) is 0. The van der Waals surface area contributed by atoms with E-state index < -0.39 is 6.10 Å². The minimum absolute atomic E-state index is 0.371. The summed E-state index contributed by atoms with van der Waals surface area (Å²) in [5.41, 5.74) is 0.958. The van der Waals surface area contributed by atoms with Crippen LogP contribution in [0.1, 0.15) is 43.8 Å². The molecule has 0 spiro atoms. The molecule has 1 aromatic heterocycles. The second kappa shape index (κ2) is 6.17. The molecule has 1 heterocycles. The number of nitrogens with zero attached hydrogens (tertiary/aromatic N) is 2. The van der Waals surface area contributed by atoms with Crippen LogP contribution < -0.4 is 0 Å². The smallest absolute Gasteiger partial charge is 0.0829 e. The molecule has 4 nitrogen and oxygen atoms in total. The first-order valence-corrected chi connectivity index (χ1v) is 6.50. The topological polar surface area (TPSA) is 47.3 Å². The zero-order valence-corrected chi connectivity index (χ0v) is 10.5. The van der Waals surface area contributed by atoms with Crippen molar-refractivity contribution < 1.29 is 9.84 Å². The van der Waals surface area contributed by atoms with Crippen LogP contribution in [0.4, 0.5) is 0 Å². The van der Waals surface area contributed by atoms with Gasteiger partial charge in [-0.15, -0.1) is 0 Å². The van der Waals surface area contributed by atoms with Crippen molar-refractivity contribution in [2.24, 2.45) is 0 Å². The predicted molar refractivity (Wildman–Crippen MR) is 65.9 cm³/mol. The van der Waals surface area contributed by atoms with Gasteiger partial charge in [-0.05, 0) is 18.9 Å². The Morgan fingerprint density at radius 1 is 1.47 bits per heavy atom. The molecular formula is C13H22N2O2. The standard InChI is InChI=1S/C13H22N2O2/c1-17-10-13(16)9-11-7-8-15(14-11)12-5-3-2-4-6-12/h7-8,12-13,16H,2-6,9-10H2,1H3. The first kappa shape index (κ1) is 12.6. The van der Waals surface area contributed by atoms with Gasteiger partial charge in [-0.2, -0.15) is 5.10 Å². The van der Waals surface area contributed by atoms with Crippen LogP contribution in [0.2, 0.25) is 0 Å². The highest BCUT2D eigenvalue weighted by Crippen LogP contribution is 2.27. The second-order valence-electron chi connectivity index (χ2n) is 4.89. The first-order valence-electron chi connectivity index (χ1n) is 6.50. The lowest BCUT2D eigenvalue weighted by Crippen LogP contribution is -2.18. The summed E-state index contributed by atoms with van der Waals surface area (Å²) in [6.45, 7) is 0.371. The van der Waals surface area contributed by atoms with E-state index in [4.69, 9.17) is 4.74 Å². The molecule has 4 heteroatoms. The van der Waals surface area contributed by atoms with Crippen LogP contribution in [0.25, 0.3) is 0 Å². The lowest BCUT2D eigenvalue weighted by Gasteiger charge is -2.21. The third-order valence-corrected chi connectivity index (χ3v) is 3.42. The van der Waals surface area contributed by atoms with E-state index in [1.165, 1.54) is 32.1 Å². The van der Waals surface area contributed by atoms with Crippen LogP contribution >= 0.6 is 0 Å². The van der Waals surface area contributed by atoms with Crippen molar-refractivity contribution in [2.45, 2.75) is 50.7 Å². The quantitative estimate of drug-likeness (QED) is 0.852. The fourth-order valence-corrected chi connectivity index (χ4v) is 2.53. The van der Waals surface area contributed by atoms with Crippen LogP contribution in [0.5, 0.6) is 0 Å². The van der Waals surface area contributed by atoms with Gasteiger partial charge in [0.1, 0.15) is 0 Å². The maximum Gasteiger partial charge on any atom is 0.0829 e. The van der Waals surface area contributed by atoms with Gasteiger partial charge in [0, 0.05) is 19.7 Å². The van der Waals surface area contributed by atoms with Crippen molar-refractivity contribution in [2.75, 3.05) is 13.7 Å². The average molecular weight is 238 g/mol. The number of aromatic nitrogens is 2. The van der Waals surface area contributed by atoms with Crippen molar-refractivity contribution in [3.63, 3.8) is 0 Å². The number of aliphatic hydroxyl groups is 1. The molecule has 1 fully saturated rings. The number of aliphatic hydroxyl groups excluding tert-OH is 1. The third-order valence-electron chi connectivity index (χ3n) is 3.42. The predicted octanol–water partition coefficient (Wildman–Crippen LogP) is 1.94. The average Bonchev–Trinajstić information content (AvgIpc) is 2.79. The van der Waals surface area contributed by atoms with Gasteiger partial charge in [-0.25, -0.2) is 0 Å². The van der Waals surface area contributed by atoms with Gasteiger partial charge < -0.3 is 9.84 Å². The fraction of sp³-hybridized carbons (Fsp3) is 0.769. The Hall–Kier alpha value is -0.870. The highest BCUT2D eigenvalue weighted by molar-refractivity contribution is 5.01. The lowest BCUT2D eigenvalue weighted by molar-refractivity contribution is 0.0643. The van der Waals surface area contributed by atoms with E-state index in [1.54, 1.807) is 7.11 Å². The van der Waals surface area contributed by atoms with Crippen molar-refractivity contribution in [3.05, 3.63) is 18.0 Å². The van der Waals surface area contributed by atoms with Crippen LogP contribution in [-0.4, -0.2) is 34.7 Å². The highest BCUT2D eigenvalue weighted by Gasteiger charge is 2.16. The zero-order valence-electron chi connectivity index (χ0n) is 10.5. The van der Waals surface area contributed by atoms with Crippen LogP contribution in [0, 0.1) is 0 Å². The van der Waals surface area contributed by atoms with Gasteiger partial charge in [-0.1, -0.05) is 19.3 Å². The normalized spacial score (nSPS) is 19.4. The summed E-state index contributed by atoms with van der Waals surface area (Å²) >= 11 is 0. The van der Waals surface area contributed by atoms with E-state index in [1.807, 2.05) is 12.3 Å². The van der Waals surface area contributed by atoms with Crippen LogP contribution in [-0.2, 0) is 11.2 Å². The maximum atomic E-state index is 9.65. The summed E-state index contributed by atoms with van der Waals surface area (Å²) in [6, 6.07) is 2.57. The minimum atomic E-state index is -0.449. The molecule has 1 saturated carbocycles. The Labute approximate surface area is 103 Å². The second-order valence-corrected chi connectivity index (χ2v) is 4.89. The van der Waals surface area contributed by atoms with E-state index in [2.05, 4.69) is 9.78 Å². The molecule has 1 unspecified atom stereocenters. The summed E-state index contributed by atoms with van der Waals surface area (Å²) in [4.78, 5) is 0. The van der Waals surface area contributed by atoms with Gasteiger partial charge >= 0.3 is 0 Å². The maximum absolute atomic E-state index is 9.65. The van der Waals surface area contributed by atoms with E-state index in [-0.39, 0.29) is 0 Å². The molecule has 1 N–H and O–H groups in total. The Bertz CT molecular complexity index is 332. The summed E-state index contributed by atoms with van der Waals surface area (Å²) in [6.07, 6.45) is 8.63. The largest absolute Gasteiger partial charge is 0.390 e. The SMILES string of the molecule is COCC(O)Cc1ccn(C2CCCCC2)n1. The van der Waals surface area contributed by atoms with Crippen LogP contribution in [0.15, 0.2) is 12.3 Å². The Morgan fingerprint density at radius 3 is 2.94 bits per heavy atom. The minimum Gasteiger partial charge on any atom is -0.390 e. The number of hydrogen-bond donors (Lipinski definition) is 1. The number of hydrogen-bond acceptors (Lipinski definition) is 3. The molecule has 1 atom stereocenters. The summed E-state index contributed by atoms with van der Waals surface area (Å²) in [7, 11) is 1.60. The van der Waals surface area contributed by atoms with Crippen molar-refractivity contribution in [3.8, 4) is 0 Å². The highest BCUT2D eigenvalue weighted by atomic mass is 16.5. The third kappa shape index (κ3) is 3.54. The van der Waals surface area contributed by atoms with Gasteiger partial charge in [-0.3, -0.25) is 4.68 Å². The molecule has 0 aliphatic heterocycles. The van der Waals surface area contributed by atoms with E-state index in [0.717, 1.165) is 5.69 Å². The molecule has 0 aromatic carbocycles. The molecule has 0 saturated heterocycles. The number of ether oxygens (including phenoxy) is 1. The number of methoxy groups -OCH3 is 1. The molecule has 96 valence electrons. The molecule has 0 radical (unpaired) electrons. The van der Waals surface area contributed by atoms with Gasteiger partial charge in [0.25, 0.3) is 0 Å². The Kier molecular flexibility index (Phi) is 4.57. The Morgan fingerprint density at radius 2 is 2.24 bits per heavy atom. The Balaban J connectivity index is 1.90. The van der Waals surface area contributed by atoms with Gasteiger partial charge in [0.2, 0.25) is 0 Å². The molecule has 0 bridgehead atoms. The molecule has 0 amide bonds. The van der Waals surface area contributed by atoms with Gasteiger partial charge in [0.15, 0.2) is 0 Å². The lowest BCUT2D eigenvalue weighted by atomic mass is 9.96. The van der Waals surface area contributed by atoms with E-state index in [9.17, 15) is 5.11 Å². The van der Waals surface area contributed by atoms with Crippen molar-refractivity contribution >= 4 is 0 Å². The fourth-order valence-electron chi connectivity index (χ4n) is 2.53. The van der Waals surface area contributed by atoms with Crippen LogP contribution in [0.3, 0.4) is 0 Å². The first-order chi connectivity index (χ1) is 8.29. The molecular weight excluding hydrogens is 216 g/mol. The van der Waals surface area contributed by atoms with E-state index in [0.29, 0.717) is 19.1 Å². The van der Waals surface area contributed by atoms with E-state index >= 15 is 0 Å². The molecule has 2 rings (SSSR count). The summed E-state index contributed by atoms with van der Waals surface area (Å²) in [5, 5.41) is 14.2. The number of rotatable bonds is 5. The zero-order chi connectivity index (χ0) is 12.1. The van der Waals surface area contributed by atoms with Gasteiger partial charge in [0.05, 0.1) is 24.4 Å². The van der Waals surface area contributed by atoms with Crippen molar-refractivity contribution in [1.29, 1.82) is 0 Å².